The number of aryl methyl sites for hydroxylation is 1. The first-order valence-electron chi connectivity index (χ1n) is 9.90. The van der Waals surface area contributed by atoms with Gasteiger partial charge in [-0.25, -0.2) is 9.49 Å². The maximum absolute atomic E-state index is 13.1. The molecule has 28 heavy (non-hydrogen) atoms. The van der Waals surface area contributed by atoms with E-state index in [1.165, 1.54) is 12.1 Å². The van der Waals surface area contributed by atoms with E-state index in [0.717, 1.165) is 36.3 Å². The largest absolute Gasteiger partial charge is 0.337 e. The van der Waals surface area contributed by atoms with Crippen LogP contribution in [0.4, 0.5) is 4.39 Å². The van der Waals surface area contributed by atoms with E-state index in [-0.39, 0.29) is 17.3 Å². The minimum Gasteiger partial charge on any atom is -0.337 e. The molecule has 1 saturated heterocycles. The molecule has 1 fully saturated rings. The van der Waals surface area contributed by atoms with Crippen molar-refractivity contribution in [1.82, 2.24) is 20.0 Å². The highest BCUT2D eigenvalue weighted by atomic mass is 19.1. The normalized spacial score (nSPS) is 15.5. The zero-order chi connectivity index (χ0) is 20.1. The molecule has 1 aromatic heterocycles. The second kappa shape index (κ2) is 9.10. The summed E-state index contributed by atoms with van der Waals surface area (Å²) in [4.78, 5) is 29.5. The number of amides is 1. The van der Waals surface area contributed by atoms with Crippen molar-refractivity contribution in [2.24, 2.45) is 0 Å². The van der Waals surface area contributed by atoms with Crippen LogP contribution in [0.25, 0.3) is 0 Å². The van der Waals surface area contributed by atoms with Crippen LogP contribution >= 0.6 is 0 Å². The topological polar surface area (TPSA) is 69.3 Å². The smallest absolute Gasteiger partial charge is 0.277 e. The molecule has 0 bridgehead atoms. The van der Waals surface area contributed by atoms with Crippen LogP contribution < -0.4 is 5.56 Å². The average molecular weight is 386 g/mol. The van der Waals surface area contributed by atoms with Crippen molar-refractivity contribution in [3.63, 3.8) is 0 Å². The zero-order valence-electron chi connectivity index (χ0n) is 16.5. The van der Waals surface area contributed by atoms with E-state index in [1.54, 1.807) is 17.0 Å². The van der Waals surface area contributed by atoms with E-state index in [2.05, 4.69) is 15.1 Å². The lowest BCUT2D eigenvalue weighted by Gasteiger charge is -2.23. The summed E-state index contributed by atoms with van der Waals surface area (Å²) in [6.07, 6.45) is 2.11. The van der Waals surface area contributed by atoms with Gasteiger partial charge in [0.15, 0.2) is 0 Å². The van der Waals surface area contributed by atoms with Gasteiger partial charge in [-0.15, -0.1) is 0 Å². The van der Waals surface area contributed by atoms with Crippen molar-refractivity contribution in [2.75, 3.05) is 26.2 Å². The van der Waals surface area contributed by atoms with Gasteiger partial charge in [-0.1, -0.05) is 26.0 Å². The SMILES string of the molecule is CCc1n[nH]c(=O)c(C(=O)N2CCCN(Cc3ccc(F)cc3)CC2)c1CC. The van der Waals surface area contributed by atoms with E-state index in [4.69, 9.17) is 0 Å². The summed E-state index contributed by atoms with van der Waals surface area (Å²) in [5, 5.41) is 6.58. The van der Waals surface area contributed by atoms with Crippen molar-refractivity contribution >= 4 is 5.91 Å². The quantitative estimate of drug-likeness (QED) is 0.857. The molecule has 1 aliphatic rings. The van der Waals surface area contributed by atoms with Gasteiger partial charge in [0.05, 0.1) is 5.69 Å². The average Bonchev–Trinajstić information content (AvgIpc) is 2.94. The number of H-pyrrole nitrogens is 1. The highest BCUT2D eigenvalue weighted by molar-refractivity contribution is 5.95. The van der Waals surface area contributed by atoms with E-state index >= 15 is 0 Å². The summed E-state index contributed by atoms with van der Waals surface area (Å²) in [6.45, 7) is 7.38. The fourth-order valence-corrected chi connectivity index (χ4v) is 3.76. The highest BCUT2D eigenvalue weighted by Gasteiger charge is 2.26. The third-order valence-corrected chi connectivity index (χ3v) is 5.27. The van der Waals surface area contributed by atoms with Crippen LogP contribution in [0.5, 0.6) is 0 Å². The van der Waals surface area contributed by atoms with Crippen LogP contribution in [0.3, 0.4) is 0 Å². The van der Waals surface area contributed by atoms with Crippen molar-refractivity contribution in [3.05, 3.63) is 62.8 Å². The third kappa shape index (κ3) is 4.47. The molecule has 2 aromatic rings. The molecule has 1 amide bonds. The number of rotatable bonds is 5. The summed E-state index contributed by atoms with van der Waals surface area (Å²) in [5.41, 5.74) is 2.40. The number of benzene rings is 1. The van der Waals surface area contributed by atoms with Gasteiger partial charge in [0.2, 0.25) is 0 Å². The van der Waals surface area contributed by atoms with Gasteiger partial charge in [-0.05, 0) is 42.5 Å². The lowest BCUT2D eigenvalue weighted by atomic mass is 10.0. The van der Waals surface area contributed by atoms with Gasteiger partial charge >= 0.3 is 0 Å². The Bertz CT molecular complexity index is 879. The number of nitrogens with one attached hydrogen (secondary N) is 1. The maximum Gasteiger partial charge on any atom is 0.277 e. The molecule has 1 N–H and O–H groups in total. The van der Waals surface area contributed by atoms with Gasteiger partial charge in [0.25, 0.3) is 11.5 Å². The van der Waals surface area contributed by atoms with Crippen LogP contribution in [0.1, 0.15) is 47.4 Å². The molecule has 0 saturated carbocycles. The molecular formula is C21H27FN4O2. The summed E-state index contributed by atoms with van der Waals surface area (Å²) < 4.78 is 13.1. The Morgan fingerprint density at radius 2 is 1.86 bits per heavy atom. The molecule has 0 spiro atoms. The molecule has 7 heteroatoms. The van der Waals surface area contributed by atoms with E-state index in [9.17, 15) is 14.0 Å². The Morgan fingerprint density at radius 3 is 2.54 bits per heavy atom. The van der Waals surface area contributed by atoms with Gasteiger partial charge in [-0.2, -0.15) is 5.10 Å². The maximum atomic E-state index is 13.1. The van der Waals surface area contributed by atoms with E-state index in [0.29, 0.717) is 32.5 Å². The lowest BCUT2D eigenvalue weighted by molar-refractivity contribution is 0.0757. The van der Waals surface area contributed by atoms with Gasteiger partial charge in [-0.3, -0.25) is 14.5 Å². The van der Waals surface area contributed by atoms with Crippen LogP contribution in [0.2, 0.25) is 0 Å². The van der Waals surface area contributed by atoms with Crippen LogP contribution in [0, 0.1) is 5.82 Å². The number of halogens is 1. The van der Waals surface area contributed by atoms with Gasteiger partial charge in [0.1, 0.15) is 11.4 Å². The third-order valence-electron chi connectivity index (χ3n) is 5.27. The molecule has 6 nitrogen and oxygen atoms in total. The summed E-state index contributed by atoms with van der Waals surface area (Å²) in [7, 11) is 0. The second-order valence-electron chi connectivity index (χ2n) is 7.11. The number of nitrogens with zero attached hydrogens (tertiary/aromatic N) is 3. The summed E-state index contributed by atoms with van der Waals surface area (Å²) in [6, 6.07) is 6.52. The monoisotopic (exact) mass is 386 g/mol. The summed E-state index contributed by atoms with van der Waals surface area (Å²) >= 11 is 0. The first kappa shape index (κ1) is 20.2. The number of aromatic nitrogens is 2. The fraction of sp³-hybridized carbons (Fsp3) is 0.476. The molecule has 3 rings (SSSR count). The van der Waals surface area contributed by atoms with Crippen molar-refractivity contribution in [3.8, 4) is 0 Å². The lowest BCUT2D eigenvalue weighted by Crippen LogP contribution is -2.39. The molecule has 0 unspecified atom stereocenters. The Morgan fingerprint density at radius 1 is 1.11 bits per heavy atom. The molecular weight excluding hydrogens is 359 g/mol. The van der Waals surface area contributed by atoms with Crippen molar-refractivity contribution in [1.29, 1.82) is 0 Å². The molecule has 1 aromatic carbocycles. The predicted octanol–water partition coefficient (Wildman–Crippen LogP) is 2.38. The van der Waals surface area contributed by atoms with Gasteiger partial charge in [0, 0.05) is 32.7 Å². The molecule has 150 valence electrons. The molecule has 0 aliphatic carbocycles. The number of carbonyl (C=O) groups excluding carboxylic acids is 1. The fourth-order valence-electron chi connectivity index (χ4n) is 3.76. The Kier molecular flexibility index (Phi) is 6.57. The second-order valence-corrected chi connectivity index (χ2v) is 7.11. The Labute approximate surface area is 164 Å². The first-order chi connectivity index (χ1) is 13.5. The van der Waals surface area contributed by atoms with E-state index < -0.39 is 5.56 Å². The van der Waals surface area contributed by atoms with Crippen LogP contribution in [0.15, 0.2) is 29.1 Å². The Balaban J connectivity index is 1.73. The molecule has 0 radical (unpaired) electrons. The Hall–Kier alpha value is -2.54. The van der Waals surface area contributed by atoms with Crippen LogP contribution in [-0.4, -0.2) is 52.1 Å². The van der Waals surface area contributed by atoms with E-state index in [1.807, 2.05) is 13.8 Å². The molecule has 1 aliphatic heterocycles. The van der Waals surface area contributed by atoms with Crippen molar-refractivity contribution < 1.29 is 9.18 Å². The molecule has 0 atom stereocenters. The standard InChI is InChI=1S/C21H27FN4O2/c1-3-17-18(4-2)23-24-20(27)19(17)21(28)26-11-5-10-25(12-13-26)14-15-6-8-16(22)9-7-15/h6-9H,3-5,10-14H2,1-2H3,(H,24,27). The zero-order valence-corrected chi connectivity index (χ0v) is 16.5. The number of aromatic amines is 1. The summed E-state index contributed by atoms with van der Waals surface area (Å²) in [5.74, 6) is -0.448. The first-order valence-corrected chi connectivity index (χ1v) is 9.90. The molecule has 2 heterocycles. The van der Waals surface area contributed by atoms with Crippen molar-refractivity contribution in [2.45, 2.75) is 39.7 Å². The predicted molar refractivity (Wildman–Crippen MR) is 106 cm³/mol. The highest BCUT2D eigenvalue weighted by Crippen LogP contribution is 2.15. The van der Waals surface area contributed by atoms with Crippen LogP contribution in [-0.2, 0) is 19.4 Å². The number of hydrogen-bond acceptors (Lipinski definition) is 4. The van der Waals surface area contributed by atoms with Gasteiger partial charge < -0.3 is 4.90 Å². The number of hydrogen-bond donors (Lipinski definition) is 1. The minimum absolute atomic E-state index is 0.209. The minimum atomic E-state index is -0.411. The number of carbonyl (C=O) groups is 1.